The molecule has 4 unspecified atom stereocenters. The number of carbonyl (C=O) groups excluding carboxylic acids is 2. The number of hydrogen-bond acceptors (Lipinski definition) is 5. The number of allylic oxidation sites excluding steroid dienone is 2. The number of thiazole rings is 1. The van der Waals surface area contributed by atoms with Crippen LogP contribution in [0, 0.1) is 30.6 Å². The van der Waals surface area contributed by atoms with Crippen molar-refractivity contribution in [2.45, 2.75) is 26.8 Å². The Labute approximate surface area is 163 Å². The van der Waals surface area contributed by atoms with E-state index in [1.807, 2.05) is 19.4 Å². The molecule has 0 aromatic carbocycles. The molecule has 4 atom stereocenters. The summed E-state index contributed by atoms with van der Waals surface area (Å²) in [5.74, 6) is 0.974. The molecule has 3 aliphatic rings. The van der Waals surface area contributed by atoms with Crippen LogP contribution in [0.4, 0.5) is 0 Å². The van der Waals surface area contributed by atoms with Crippen LogP contribution in [0.5, 0.6) is 0 Å². The number of fused-ring (bicyclic) bond motifs is 5. The fraction of sp³-hybridized carbons (Fsp3) is 0.579. The molecular formula is C19H25N5O2S. The fourth-order valence-electron chi connectivity index (χ4n) is 4.44. The molecule has 8 heteroatoms. The molecule has 1 saturated heterocycles. The Kier molecular flexibility index (Phi) is 4.99. The molecule has 2 amide bonds. The van der Waals surface area contributed by atoms with E-state index in [1.54, 1.807) is 11.3 Å². The zero-order valence-corrected chi connectivity index (χ0v) is 16.5. The van der Waals surface area contributed by atoms with E-state index in [9.17, 15) is 9.59 Å². The zero-order chi connectivity index (χ0) is 19.0. The molecule has 1 saturated carbocycles. The van der Waals surface area contributed by atoms with Crippen molar-refractivity contribution >= 4 is 29.1 Å². The van der Waals surface area contributed by atoms with Gasteiger partial charge in [0.2, 0.25) is 11.8 Å². The van der Waals surface area contributed by atoms with Crippen molar-refractivity contribution in [3.63, 3.8) is 0 Å². The number of aromatic nitrogens is 1. The highest BCUT2D eigenvalue weighted by Crippen LogP contribution is 2.52. The van der Waals surface area contributed by atoms with Crippen molar-refractivity contribution in [1.29, 1.82) is 0 Å². The SMILES string of the molecule is CCNC(=NCc1scnc1C)NCCN1C(=O)C2C3C=CC(C3)C2C1=O. The highest BCUT2D eigenvalue weighted by molar-refractivity contribution is 7.09. The van der Waals surface area contributed by atoms with Crippen LogP contribution in [0.15, 0.2) is 22.7 Å². The molecule has 1 aromatic rings. The summed E-state index contributed by atoms with van der Waals surface area (Å²) in [6.45, 7) is 6.17. The van der Waals surface area contributed by atoms with E-state index in [2.05, 4.69) is 32.8 Å². The maximum atomic E-state index is 12.7. The van der Waals surface area contributed by atoms with Crippen LogP contribution < -0.4 is 10.6 Å². The van der Waals surface area contributed by atoms with Crippen molar-refractivity contribution in [2.24, 2.45) is 28.7 Å². The Morgan fingerprint density at radius 1 is 1.26 bits per heavy atom. The van der Waals surface area contributed by atoms with Crippen molar-refractivity contribution in [2.75, 3.05) is 19.6 Å². The van der Waals surface area contributed by atoms with Crippen LogP contribution in [0.25, 0.3) is 0 Å². The molecule has 0 spiro atoms. The van der Waals surface area contributed by atoms with Gasteiger partial charge in [-0.3, -0.25) is 14.5 Å². The van der Waals surface area contributed by atoms with Gasteiger partial charge < -0.3 is 10.6 Å². The zero-order valence-electron chi connectivity index (χ0n) is 15.6. The average molecular weight is 388 g/mol. The maximum absolute atomic E-state index is 12.7. The normalized spacial score (nSPS) is 29.0. The lowest BCUT2D eigenvalue weighted by atomic mass is 9.85. The number of nitrogens with one attached hydrogen (secondary N) is 2. The highest BCUT2D eigenvalue weighted by atomic mass is 32.1. The van der Waals surface area contributed by atoms with Gasteiger partial charge in [-0.25, -0.2) is 9.98 Å². The number of carbonyl (C=O) groups is 2. The van der Waals surface area contributed by atoms with Crippen molar-refractivity contribution in [3.8, 4) is 0 Å². The third-order valence-electron chi connectivity index (χ3n) is 5.76. The van der Waals surface area contributed by atoms with E-state index in [1.165, 1.54) is 4.90 Å². The van der Waals surface area contributed by atoms with Crippen LogP contribution in [0.3, 0.4) is 0 Å². The molecule has 4 rings (SSSR count). The first-order valence-electron chi connectivity index (χ1n) is 9.54. The summed E-state index contributed by atoms with van der Waals surface area (Å²) in [6.07, 6.45) is 5.21. The predicted molar refractivity (Wildman–Crippen MR) is 104 cm³/mol. The predicted octanol–water partition coefficient (Wildman–Crippen LogP) is 1.31. The first-order valence-corrected chi connectivity index (χ1v) is 10.4. The molecule has 1 aliphatic heterocycles. The lowest BCUT2D eigenvalue weighted by Crippen LogP contribution is -2.43. The van der Waals surface area contributed by atoms with E-state index >= 15 is 0 Å². The first kappa shape index (κ1) is 18.2. The Morgan fingerprint density at radius 3 is 2.56 bits per heavy atom. The number of amides is 2. The summed E-state index contributed by atoms with van der Waals surface area (Å²) in [7, 11) is 0. The largest absolute Gasteiger partial charge is 0.357 e. The summed E-state index contributed by atoms with van der Waals surface area (Å²) in [5, 5.41) is 6.44. The van der Waals surface area contributed by atoms with Gasteiger partial charge in [0.05, 0.1) is 29.6 Å². The summed E-state index contributed by atoms with van der Waals surface area (Å²) in [4.78, 5) is 36.8. The number of hydrogen-bond donors (Lipinski definition) is 2. The summed E-state index contributed by atoms with van der Waals surface area (Å²) in [6, 6.07) is 0. The highest BCUT2D eigenvalue weighted by Gasteiger charge is 2.58. The monoisotopic (exact) mass is 387 g/mol. The summed E-state index contributed by atoms with van der Waals surface area (Å²) >= 11 is 1.59. The molecule has 2 aliphatic carbocycles. The average Bonchev–Trinajstić information content (AvgIpc) is 3.41. The Balaban J connectivity index is 1.33. The minimum absolute atomic E-state index is 0.00544. The van der Waals surface area contributed by atoms with Gasteiger partial charge in [0.15, 0.2) is 5.96 Å². The minimum Gasteiger partial charge on any atom is -0.357 e. The molecule has 27 heavy (non-hydrogen) atoms. The Bertz CT molecular complexity index is 772. The Morgan fingerprint density at radius 2 is 1.96 bits per heavy atom. The van der Waals surface area contributed by atoms with Crippen LogP contribution in [-0.2, 0) is 16.1 Å². The minimum atomic E-state index is -0.122. The van der Waals surface area contributed by atoms with Gasteiger partial charge in [-0.05, 0) is 32.1 Å². The molecule has 0 radical (unpaired) electrons. The second kappa shape index (κ2) is 7.42. The van der Waals surface area contributed by atoms with E-state index < -0.39 is 0 Å². The second-order valence-electron chi connectivity index (χ2n) is 7.31. The van der Waals surface area contributed by atoms with Crippen LogP contribution in [0.1, 0.15) is 23.9 Å². The van der Waals surface area contributed by atoms with Crippen molar-refractivity contribution in [3.05, 3.63) is 28.2 Å². The lowest BCUT2D eigenvalue weighted by Gasteiger charge is -2.18. The van der Waals surface area contributed by atoms with Crippen LogP contribution >= 0.6 is 11.3 Å². The van der Waals surface area contributed by atoms with E-state index in [0.29, 0.717) is 25.6 Å². The number of aliphatic imine (C=N–C) groups is 1. The smallest absolute Gasteiger partial charge is 0.233 e. The van der Waals surface area contributed by atoms with E-state index in [0.717, 1.165) is 23.5 Å². The number of rotatable bonds is 6. The molecule has 2 N–H and O–H groups in total. The van der Waals surface area contributed by atoms with Gasteiger partial charge in [-0.2, -0.15) is 0 Å². The topological polar surface area (TPSA) is 86.7 Å². The van der Waals surface area contributed by atoms with Gasteiger partial charge in [0.25, 0.3) is 0 Å². The number of aryl methyl sites for hydroxylation is 1. The molecule has 2 fully saturated rings. The molecule has 2 heterocycles. The molecular weight excluding hydrogens is 362 g/mol. The fourth-order valence-corrected chi connectivity index (χ4v) is 5.14. The van der Waals surface area contributed by atoms with Gasteiger partial charge in [0, 0.05) is 24.5 Å². The van der Waals surface area contributed by atoms with Crippen molar-refractivity contribution in [1.82, 2.24) is 20.5 Å². The van der Waals surface area contributed by atoms with Crippen molar-refractivity contribution < 1.29 is 9.59 Å². The number of guanidine groups is 1. The maximum Gasteiger partial charge on any atom is 0.233 e. The third-order valence-corrected chi connectivity index (χ3v) is 6.68. The number of likely N-dealkylation sites (tertiary alicyclic amines) is 1. The molecule has 1 aromatic heterocycles. The van der Waals surface area contributed by atoms with Gasteiger partial charge in [-0.1, -0.05) is 12.2 Å². The second-order valence-corrected chi connectivity index (χ2v) is 8.25. The van der Waals surface area contributed by atoms with Gasteiger partial charge >= 0.3 is 0 Å². The standard InChI is InChI=1S/C19H25N5O2S/c1-3-20-19(22-9-14-11(2)23-10-27-14)21-6-7-24-17(25)15-12-4-5-13(8-12)16(15)18(24)26/h4-5,10,12-13,15-16H,3,6-9H2,1-2H3,(H2,20,21,22). The van der Waals surface area contributed by atoms with Gasteiger partial charge in [-0.15, -0.1) is 11.3 Å². The molecule has 7 nitrogen and oxygen atoms in total. The molecule has 2 bridgehead atoms. The van der Waals surface area contributed by atoms with E-state index in [4.69, 9.17) is 0 Å². The number of nitrogens with zero attached hydrogens (tertiary/aromatic N) is 3. The van der Waals surface area contributed by atoms with Crippen LogP contribution in [-0.4, -0.2) is 47.3 Å². The first-order chi connectivity index (χ1) is 13.1. The summed E-state index contributed by atoms with van der Waals surface area (Å²) < 4.78 is 0. The third kappa shape index (κ3) is 3.26. The number of imide groups is 1. The van der Waals surface area contributed by atoms with E-state index in [-0.39, 0.29) is 35.5 Å². The lowest BCUT2D eigenvalue weighted by molar-refractivity contribution is -0.140. The molecule has 144 valence electrons. The Hall–Kier alpha value is -2.22. The summed E-state index contributed by atoms with van der Waals surface area (Å²) in [5.41, 5.74) is 2.83. The van der Waals surface area contributed by atoms with Crippen LogP contribution in [0.2, 0.25) is 0 Å². The van der Waals surface area contributed by atoms with Gasteiger partial charge in [0.1, 0.15) is 0 Å². The quantitative estimate of drug-likeness (QED) is 0.333.